The van der Waals surface area contributed by atoms with Gasteiger partial charge in [-0.15, -0.1) is 0 Å². The van der Waals surface area contributed by atoms with E-state index in [0.717, 1.165) is 16.9 Å². The van der Waals surface area contributed by atoms with Crippen molar-refractivity contribution in [3.63, 3.8) is 0 Å². The first-order valence-corrected chi connectivity index (χ1v) is 6.84. The summed E-state index contributed by atoms with van der Waals surface area (Å²) < 4.78 is 10.6. The third-order valence-corrected chi connectivity index (χ3v) is 3.35. The first-order chi connectivity index (χ1) is 10.3. The monoisotopic (exact) mass is 300 g/mol. The van der Waals surface area contributed by atoms with Crippen molar-refractivity contribution in [3.8, 4) is 17.2 Å². The molecular weight excluding hydrogens is 288 g/mol. The van der Waals surface area contributed by atoms with Crippen molar-refractivity contribution in [2.45, 2.75) is 6.42 Å². The molecular formula is C16H13ClN2O2. The summed E-state index contributed by atoms with van der Waals surface area (Å²) in [6.45, 7) is 0. The molecule has 0 radical (unpaired) electrons. The van der Waals surface area contributed by atoms with Crippen molar-refractivity contribution >= 4 is 11.6 Å². The fraction of sp³-hybridized carbons (Fsp3) is 0.125. The molecule has 0 aliphatic heterocycles. The maximum atomic E-state index is 5.86. The van der Waals surface area contributed by atoms with E-state index in [4.69, 9.17) is 20.9 Å². The largest absolute Gasteiger partial charge is 0.496 e. The van der Waals surface area contributed by atoms with Gasteiger partial charge in [-0.3, -0.25) is 0 Å². The normalized spacial score (nSPS) is 10.6. The molecule has 0 aliphatic carbocycles. The molecule has 106 valence electrons. The zero-order chi connectivity index (χ0) is 14.7. The summed E-state index contributed by atoms with van der Waals surface area (Å²) in [6, 6.07) is 15.1. The van der Waals surface area contributed by atoms with Gasteiger partial charge in [-0.05, 0) is 30.3 Å². The molecule has 1 aromatic heterocycles. The average Bonchev–Trinajstić information content (AvgIpc) is 2.97. The van der Waals surface area contributed by atoms with Crippen LogP contribution in [0.3, 0.4) is 0 Å². The van der Waals surface area contributed by atoms with Crippen LogP contribution in [0.15, 0.2) is 53.1 Å². The summed E-state index contributed by atoms with van der Waals surface area (Å²) in [5, 5.41) is 4.68. The minimum atomic E-state index is 0.483. The van der Waals surface area contributed by atoms with Gasteiger partial charge >= 0.3 is 0 Å². The Morgan fingerprint density at radius 3 is 2.62 bits per heavy atom. The molecule has 3 aromatic rings. The zero-order valence-corrected chi connectivity index (χ0v) is 12.2. The van der Waals surface area contributed by atoms with Crippen LogP contribution in [-0.2, 0) is 6.42 Å². The summed E-state index contributed by atoms with van der Waals surface area (Å²) in [7, 11) is 1.65. The van der Waals surface area contributed by atoms with Gasteiger partial charge in [0, 0.05) is 22.6 Å². The maximum Gasteiger partial charge on any atom is 0.257 e. The Labute approximate surface area is 127 Å². The van der Waals surface area contributed by atoms with Crippen molar-refractivity contribution in [2.75, 3.05) is 7.11 Å². The van der Waals surface area contributed by atoms with Gasteiger partial charge < -0.3 is 9.26 Å². The van der Waals surface area contributed by atoms with E-state index in [1.165, 1.54) is 0 Å². The minimum Gasteiger partial charge on any atom is -0.496 e. The molecule has 3 rings (SSSR count). The van der Waals surface area contributed by atoms with Gasteiger partial charge in [0.2, 0.25) is 0 Å². The summed E-state index contributed by atoms with van der Waals surface area (Å²) in [5.74, 6) is 1.91. The number of ether oxygens (including phenoxy) is 1. The second-order valence-corrected chi connectivity index (χ2v) is 4.95. The van der Waals surface area contributed by atoms with Crippen LogP contribution in [0.2, 0.25) is 5.02 Å². The molecule has 0 unspecified atom stereocenters. The quantitative estimate of drug-likeness (QED) is 0.731. The first-order valence-electron chi connectivity index (χ1n) is 6.46. The first kappa shape index (κ1) is 13.6. The molecule has 0 bridgehead atoms. The highest BCUT2D eigenvalue weighted by molar-refractivity contribution is 6.30. The topological polar surface area (TPSA) is 48.2 Å². The summed E-state index contributed by atoms with van der Waals surface area (Å²) in [5.41, 5.74) is 1.86. The molecule has 0 spiro atoms. The number of aromatic nitrogens is 2. The zero-order valence-electron chi connectivity index (χ0n) is 11.4. The number of halogens is 1. The molecule has 0 atom stereocenters. The number of rotatable bonds is 4. The van der Waals surface area contributed by atoms with E-state index in [1.807, 2.05) is 36.4 Å². The van der Waals surface area contributed by atoms with E-state index in [0.29, 0.717) is 23.2 Å². The molecule has 0 saturated heterocycles. The molecule has 2 aromatic carbocycles. The van der Waals surface area contributed by atoms with Crippen molar-refractivity contribution in [1.82, 2.24) is 10.1 Å². The molecule has 1 heterocycles. The van der Waals surface area contributed by atoms with Crippen LogP contribution in [-0.4, -0.2) is 17.3 Å². The number of nitrogens with zero attached hydrogens (tertiary/aromatic N) is 2. The fourth-order valence-electron chi connectivity index (χ4n) is 2.05. The second kappa shape index (κ2) is 5.97. The second-order valence-electron chi connectivity index (χ2n) is 4.51. The summed E-state index contributed by atoms with van der Waals surface area (Å²) in [6.07, 6.45) is 0.557. The highest BCUT2D eigenvalue weighted by Crippen LogP contribution is 2.23. The Bertz CT molecular complexity index is 738. The van der Waals surface area contributed by atoms with Crippen LogP contribution in [0.25, 0.3) is 11.5 Å². The lowest BCUT2D eigenvalue weighted by Crippen LogP contribution is -1.95. The lowest BCUT2D eigenvalue weighted by molar-refractivity contribution is 0.408. The predicted molar refractivity (Wildman–Crippen MR) is 80.5 cm³/mol. The van der Waals surface area contributed by atoms with Crippen molar-refractivity contribution in [2.24, 2.45) is 0 Å². The molecule has 5 heteroatoms. The van der Waals surface area contributed by atoms with Crippen LogP contribution in [0, 0.1) is 0 Å². The number of hydrogen-bond acceptors (Lipinski definition) is 4. The minimum absolute atomic E-state index is 0.483. The van der Waals surface area contributed by atoms with Gasteiger partial charge in [0.15, 0.2) is 5.82 Å². The van der Waals surface area contributed by atoms with E-state index < -0.39 is 0 Å². The molecule has 0 N–H and O–H groups in total. The van der Waals surface area contributed by atoms with E-state index in [-0.39, 0.29) is 0 Å². The van der Waals surface area contributed by atoms with Crippen LogP contribution in [0.4, 0.5) is 0 Å². The van der Waals surface area contributed by atoms with E-state index in [2.05, 4.69) is 10.1 Å². The van der Waals surface area contributed by atoms with Crippen molar-refractivity contribution in [1.29, 1.82) is 0 Å². The van der Waals surface area contributed by atoms with E-state index in [1.54, 1.807) is 19.2 Å². The Balaban J connectivity index is 1.83. The van der Waals surface area contributed by atoms with Crippen molar-refractivity contribution in [3.05, 3.63) is 64.9 Å². The van der Waals surface area contributed by atoms with Gasteiger partial charge in [-0.25, -0.2) is 0 Å². The summed E-state index contributed by atoms with van der Waals surface area (Å²) >= 11 is 5.86. The highest BCUT2D eigenvalue weighted by Gasteiger charge is 2.11. The summed E-state index contributed by atoms with van der Waals surface area (Å²) in [4.78, 5) is 4.40. The molecule has 4 nitrogen and oxygen atoms in total. The SMILES string of the molecule is COc1ccccc1Cc1noc(-c2ccc(Cl)cc2)n1. The molecule has 21 heavy (non-hydrogen) atoms. The lowest BCUT2D eigenvalue weighted by atomic mass is 10.1. The maximum absolute atomic E-state index is 5.86. The number of hydrogen-bond donors (Lipinski definition) is 0. The average molecular weight is 301 g/mol. The van der Waals surface area contributed by atoms with Gasteiger partial charge in [0.1, 0.15) is 5.75 Å². The highest BCUT2D eigenvalue weighted by atomic mass is 35.5. The predicted octanol–water partition coefficient (Wildman–Crippen LogP) is 3.99. The Morgan fingerprint density at radius 1 is 1.10 bits per heavy atom. The van der Waals surface area contributed by atoms with Crippen LogP contribution >= 0.6 is 11.6 Å². The standard InChI is InChI=1S/C16H13ClN2O2/c1-20-14-5-3-2-4-12(14)10-15-18-16(21-19-15)11-6-8-13(17)9-7-11/h2-9H,10H2,1H3. The lowest BCUT2D eigenvalue weighted by Gasteiger charge is -2.05. The molecule has 0 fully saturated rings. The van der Waals surface area contributed by atoms with E-state index >= 15 is 0 Å². The smallest absolute Gasteiger partial charge is 0.257 e. The third kappa shape index (κ3) is 3.06. The van der Waals surface area contributed by atoms with Gasteiger partial charge in [0.05, 0.1) is 7.11 Å². The van der Waals surface area contributed by atoms with E-state index in [9.17, 15) is 0 Å². The van der Waals surface area contributed by atoms with Crippen LogP contribution in [0.1, 0.15) is 11.4 Å². The van der Waals surface area contributed by atoms with Crippen molar-refractivity contribution < 1.29 is 9.26 Å². The molecule has 0 aliphatic rings. The van der Waals surface area contributed by atoms with Crippen LogP contribution < -0.4 is 4.74 Å². The van der Waals surface area contributed by atoms with Gasteiger partial charge in [0.25, 0.3) is 5.89 Å². The van der Waals surface area contributed by atoms with Gasteiger partial charge in [-0.2, -0.15) is 4.98 Å². The molecule has 0 amide bonds. The Kier molecular flexibility index (Phi) is 3.88. The molecule has 0 saturated carbocycles. The Morgan fingerprint density at radius 2 is 1.86 bits per heavy atom. The van der Waals surface area contributed by atoms with Crippen LogP contribution in [0.5, 0.6) is 5.75 Å². The third-order valence-electron chi connectivity index (χ3n) is 3.10. The van der Waals surface area contributed by atoms with Gasteiger partial charge in [-0.1, -0.05) is 35.0 Å². The Hall–Kier alpha value is -2.33. The number of para-hydroxylation sites is 1. The number of methoxy groups -OCH3 is 1. The number of benzene rings is 2. The fourth-order valence-corrected chi connectivity index (χ4v) is 2.18.